The first-order valence-corrected chi connectivity index (χ1v) is 8.35. The third kappa shape index (κ3) is 4.50. The zero-order valence-corrected chi connectivity index (χ0v) is 12.5. The maximum atomic E-state index is 12.4. The number of methoxy groups -OCH3 is 1. The molecule has 18 heavy (non-hydrogen) atoms. The number of hydrogen-bond acceptors (Lipinski definition) is 4. The lowest BCUT2D eigenvalue weighted by molar-refractivity contribution is 0.134. The second kappa shape index (κ2) is 7.43. The Labute approximate surface area is 111 Å². The van der Waals surface area contributed by atoms with Crippen LogP contribution in [0, 0.1) is 0 Å². The van der Waals surface area contributed by atoms with E-state index in [0.29, 0.717) is 6.54 Å². The fourth-order valence-corrected chi connectivity index (χ4v) is 4.37. The Kier molecular flexibility index (Phi) is 6.55. The van der Waals surface area contributed by atoms with Crippen molar-refractivity contribution in [1.29, 1.82) is 0 Å². The van der Waals surface area contributed by atoms with Crippen LogP contribution in [-0.4, -0.2) is 57.4 Å². The summed E-state index contributed by atoms with van der Waals surface area (Å²) in [5, 5.41) is 3.27. The average molecular weight is 278 g/mol. The second-order valence-electron chi connectivity index (χ2n) is 4.92. The van der Waals surface area contributed by atoms with Crippen molar-refractivity contribution in [2.75, 3.05) is 32.5 Å². The van der Waals surface area contributed by atoms with Crippen molar-refractivity contribution in [2.24, 2.45) is 0 Å². The fourth-order valence-electron chi connectivity index (χ4n) is 2.32. The molecule has 0 aromatic heterocycles. The molecule has 1 saturated heterocycles. The molecule has 0 aromatic carbocycles. The third-order valence-electron chi connectivity index (χ3n) is 3.36. The Morgan fingerprint density at radius 1 is 1.39 bits per heavy atom. The van der Waals surface area contributed by atoms with Gasteiger partial charge in [0.1, 0.15) is 0 Å². The van der Waals surface area contributed by atoms with E-state index in [9.17, 15) is 8.42 Å². The van der Waals surface area contributed by atoms with Crippen molar-refractivity contribution in [2.45, 2.75) is 45.3 Å². The minimum Gasteiger partial charge on any atom is -0.381 e. The van der Waals surface area contributed by atoms with Crippen molar-refractivity contribution >= 4 is 10.0 Å². The van der Waals surface area contributed by atoms with Gasteiger partial charge in [-0.3, -0.25) is 0 Å². The van der Waals surface area contributed by atoms with Crippen LogP contribution in [0.5, 0.6) is 0 Å². The molecule has 0 aliphatic carbocycles. The van der Waals surface area contributed by atoms with E-state index in [1.807, 2.05) is 6.92 Å². The first kappa shape index (κ1) is 15.9. The normalized spacial score (nSPS) is 20.2. The molecule has 0 bridgehead atoms. The molecule has 0 aromatic rings. The highest BCUT2D eigenvalue weighted by Gasteiger charge is 2.31. The van der Waals surface area contributed by atoms with Crippen molar-refractivity contribution in [3.63, 3.8) is 0 Å². The molecule has 0 amide bonds. The van der Waals surface area contributed by atoms with E-state index < -0.39 is 10.0 Å². The summed E-state index contributed by atoms with van der Waals surface area (Å²) in [5.74, 6) is 0.0768. The molecule has 1 heterocycles. The molecule has 0 spiro atoms. The molecule has 1 unspecified atom stereocenters. The molecule has 1 N–H and O–H groups in total. The van der Waals surface area contributed by atoms with Crippen LogP contribution in [0.3, 0.4) is 0 Å². The maximum absolute atomic E-state index is 12.4. The number of piperidine rings is 1. The van der Waals surface area contributed by atoms with Crippen LogP contribution < -0.4 is 5.32 Å². The molecular formula is C12H26N2O3S. The topological polar surface area (TPSA) is 58.6 Å². The zero-order valence-electron chi connectivity index (χ0n) is 11.7. The molecule has 6 heteroatoms. The predicted molar refractivity (Wildman–Crippen MR) is 73.1 cm³/mol. The molecule has 1 rings (SSSR count). The number of nitrogens with one attached hydrogen (secondary N) is 1. The van der Waals surface area contributed by atoms with Crippen molar-refractivity contribution in [3.05, 3.63) is 0 Å². The fraction of sp³-hybridized carbons (Fsp3) is 1.00. The minimum absolute atomic E-state index is 0.0768. The van der Waals surface area contributed by atoms with Gasteiger partial charge in [-0.05, 0) is 39.3 Å². The van der Waals surface area contributed by atoms with Crippen LogP contribution in [0.2, 0.25) is 0 Å². The van der Waals surface area contributed by atoms with Crippen molar-refractivity contribution in [3.8, 4) is 0 Å². The van der Waals surface area contributed by atoms with E-state index in [1.54, 1.807) is 18.3 Å². The van der Waals surface area contributed by atoms with Crippen LogP contribution >= 0.6 is 0 Å². The largest absolute Gasteiger partial charge is 0.381 e. The van der Waals surface area contributed by atoms with Gasteiger partial charge >= 0.3 is 0 Å². The molecular weight excluding hydrogens is 252 g/mol. The SMILES string of the molecule is CCCN(C1CCNCC1)S(=O)(=O)CC(C)OC. The predicted octanol–water partition coefficient (Wildman–Crippen LogP) is 0.815. The van der Waals surface area contributed by atoms with Crippen LogP contribution in [-0.2, 0) is 14.8 Å². The first-order valence-electron chi connectivity index (χ1n) is 6.74. The average Bonchev–Trinajstić information content (AvgIpc) is 2.36. The summed E-state index contributed by atoms with van der Waals surface area (Å²) in [6.45, 7) is 6.23. The summed E-state index contributed by atoms with van der Waals surface area (Å²) in [7, 11) is -1.66. The Bertz CT molecular complexity index is 326. The second-order valence-corrected chi connectivity index (χ2v) is 6.88. The Morgan fingerprint density at radius 2 is 2.00 bits per heavy atom. The number of rotatable bonds is 7. The Morgan fingerprint density at radius 3 is 2.50 bits per heavy atom. The van der Waals surface area contributed by atoms with E-state index in [-0.39, 0.29) is 17.9 Å². The van der Waals surface area contributed by atoms with Crippen molar-refractivity contribution in [1.82, 2.24) is 9.62 Å². The van der Waals surface area contributed by atoms with Crippen LogP contribution in [0.4, 0.5) is 0 Å². The van der Waals surface area contributed by atoms with E-state index in [1.165, 1.54) is 0 Å². The molecule has 1 aliphatic rings. The van der Waals surface area contributed by atoms with Crippen LogP contribution in [0.1, 0.15) is 33.1 Å². The lowest BCUT2D eigenvalue weighted by atomic mass is 10.1. The maximum Gasteiger partial charge on any atom is 0.216 e. The van der Waals surface area contributed by atoms with Gasteiger partial charge in [-0.15, -0.1) is 0 Å². The molecule has 0 radical (unpaired) electrons. The highest BCUT2D eigenvalue weighted by Crippen LogP contribution is 2.18. The van der Waals surface area contributed by atoms with Gasteiger partial charge in [0, 0.05) is 19.7 Å². The molecule has 1 atom stereocenters. The van der Waals surface area contributed by atoms with Gasteiger partial charge in [0.25, 0.3) is 0 Å². The first-order chi connectivity index (χ1) is 8.51. The number of nitrogens with zero attached hydrogens (tertiary/aromatic N) is 1. The smallest absolute Gasteiger partial charge is 0.216 e. The standard InChI is InChI=1S/C12H26N2O3S/c1-4-9-14(12-5-7-13-8-6-12)18(15,16)10-11(2)17-3/h11-13H,4-10H2,1-3H3. The van der Waals surface area contributed by atoms with E-state index in [2.05, 4.69) is 5.32 Å². The lowest BCUT2D eigenvalue weighted by Gasteiger charge is -2.34. The number of hydrogen-bond donors (Lipinski definition) is 1. The summed E-state index contributed by atoms with van der Waals surface area (Å²) in [6, 6.07) is 0.153. The van der Waals surface area contributed by atoms with Crippen molar-refractivity contribution < 1.29 is 13.2 Å². The molecule has 5 nitrogen and oxygen atoms in total. The summed E-state index contributed by atoms with van der Waals surface area (Å²) < 4.78 is 31.6. The third-order valence-corrected chi connectivity index (χ3v) is 5.45. The summed E-state index contributed by atoms with van der Waals surface area (Å²) in [5.41, 5.74) is 0. The van der Waals surface area contributed by atoms with Crippen LogP contribution in [0.25, 0.3) is 0 Å². The van der Waals surface area contributed by atoms with Gasteiger partial charge in [0.15, 0.2) is 0 Å². The van der Waals surface area contributed by atoms with E-state index in [4.69, 9.17) is 4.74 Å². The quantitative estimate of drug-likeness (QED) is 0.749. The lowest BCUT2D eigenvalue weighted by Crippen LogP contribution is -2.48. The highest BCUT2D eigenvalue weighted by atomic mass is 32.2. The minimum atomic E-state index is -3.21. The van der Waals surface area contributed by atoms with E-state index >= 15 is 0 Å². The molecule has 1 aliphatic heterocycles. The summed E-state index contributed by atoms with van der Waals surface area (Å²) in [4.78, 5) is 0. The van der Waals surface area contributed by atoms with E-state index in [0.717, 1.165) is 32.4 Å². The zero-order chi connectivity index (χ0) is 13.6. The summed E-state index contributed by atoms with van der Waals surface area (Å²) >= 11 is 0. The van der Waals surface area contributed by atoms with Gasteiger partial charge in [0.05, 0.1) is 11.9 Å². The Hall–Kier alpha value is -0.170. The van der Waals surface area contributed by atoms with Gasteiger partial charge < -0.3 is 10.1 Å². The van der Waals surface area contributed by atoms with Gasteiger partial charge in [-0.2, -0.15) is 4.31 Å². The van der Waals surface area contributed by atoms with Gasteiger partial charge in [-0.25, -0.2) is 8.42 Å². The molecule has 1 fully saturated rings. The van der Waals surface area contributed by atoms with Gasteiger partial charge in [-0.1, -0.05) is 6.92 Å². The molecule has 0 saturated carbocycles. The Balaban J connectivity index is 2.75. The monoisotopic (exact) mass is 278 g/mol. The summed E-state index contributed by atoms with van der Waals surface area (Å²) in [6.07, 6.45) is 2.40. The van der Waals surface area contributed by atoms with Gasteiger partial charge in [0.2, 0.25) is 10.0 Å². The van der Waals surface area contributed by atoms with Crippen LogP contribution in [0.15, 0.2) is 0 Å². The molecule has 108 valence electrons. The number of sulfonamides is 1. The number of ether oxygens (including phenoxy) is 1. The highest BCUT2D eigenvalue weighted by molar-refractivity contribution is 7.89.